The Balaban J connectivity index is 2.12. The van der Waals surface area contributed by atoms with Gasteiger partial charge in [-0.2, -0.15) is 13.2 Å². The van der Waals surface area contributed by atoms with Gasteiger partial charge in [-0.05, 0) is 65.1 Å². The Morgan fingerprint density at radius 1 is 1.05 bits per heavy atom. The van der Waals surface area contributed by atoms with Gasteiger partial charge in [-0.15, -0.1) is 0 Å². The van der Waals surface area contributed by atoms with Crippen molar-refractivity contribution in [2.75, 3.05) is 5.32 Å². The fourth-order valence-corrected chi connectivity index (χ4v) is 2.12. The number of benzene rings is 2. The summed E-state index contributed by atoms with van der Waals surface area (Å²) in [6.45, 7) is 0. The second-order valence-corrected chi connectivity index (χ2v) is 5.29. The third-order valence-electron chi connectivity index (χ3n) is 2.56. The van der Waals surface area contributed by atoms with Crippen LogP contribution in [-0.2, 0) is 6.18 Å². The molecule has 20 heavy (non-hydrogen) atoms. The first-order valence-electron chi connectivity index (χ1n) is 5.60. The Bertz CT molecular complexity index is 623. The molecular weight excluding hydrogens is 382 g/mol. The Labute approximate surface area is 127 Å². The minimum Gasteiger partial charge on any atom is -0.322 e. The largest absolute Gasteiger partial charge is 0.416 e. The van der Waals surface area contributed by atoms with Crippen LogP contribution in [0.2, 0.25) is 0 Å². The van der Waals surface area contributed by atoms with Crippen LogP contribution in [0.5, 0.6) is 0 Å². The van der Waals surface area contributed by atoms with Gasteiger partial charge in [0.2, 0.25) is 0 Å². The van der Waals surface area contributed by atoms with E-state index in [1.165, 1.54) is 12.1 Å². The molecule has 2 aromatic carbocycles. The standard InChI is InChI=1S/C14H9F3INO/c15-14(16,17)10-4-6-12(7-5-10)19-13(20)9-2-1-3-11(18)8-9/h1-8H,(H,19,20). The lowest BCUT2D eigenvalue weighted by Crippen LogP contribution is -2.12. The number of carbonyl (C=O) groups is 1. The molecule has 2 aromatic rings. The molecule has 104 valence electrons. The second-order valence-electron chi connectivity index (χ2n) is 4.04. The molecule has 6 heteroatoms. The van der Waals surface area contributed by atoms with Crippen molar-refractivity contribution in [1.82, 2.24) is 0 Å². The predicted octanol–water partition coefficient (Wildman–Crippen LogP) is 4.56. The second kappa shape index (κ2) is 5.82. The van der Waals surface area contributed by atoms with Crippen molar-refractivity contribution >= 4 is 34.2 Å². The van der Waals surface area contributed by atoms with E-state index in [4.69, 9.17) is 0 Å². The summed E-state index contributed by atoms with van der Waals surface area (Å²) >= 11 is 2.08. The van der Waals surface area contributed by atoms with Gasteiger partial charge in [0.1, 0.15) is 0 Å². The van der Waals surface area contributed by atoms with Crippen molar-refractivity contribution in [2.24, 2.45) is 0 Å². The molecule has 0 aromatic heterocycles. The number of alkyl halides is 3. The van der Waals surface area contributed by atoms with E-state index in [0.29, 0.717) is 11.3 Å². The average molecular weight is 391 g/mol. The number of amides is 1. The zero-order valence-electron chi connectivity index (χ0n) is 10.0. The summed E-state index contributed by atoms with van der Waals surface area (Å²) in [7, 11) is 0. The highest BCUT2D eigenvalue weighted by molar-refractivity contribution is 14.1. The summed E-state index contributed by atoms with van der Waals surface area (Å²) < 4.78 is 38.1. The quantitative estimate of drug-likeness (QED) is 0.748. The maximum absolute atomic E-state index is 12.4. The summed E-state index contributed by atoms with van der Waals surface area (Å²) in [4.78, 5) is 11.9. The number of hydrogen-bond acceptors (Lipinski definition) is 1. The molecule has 0 bridgehead atoms. The van der Waals surface area contributed by atoms with E-state index in [-0.39, 0.29) is 5.91 Å². The molecular formula is C14H9F3INO. The Kier molecular flexibility index (Phi) is 4.32. The van der Waals surface area contributed by atoms with Gasteiger partial charge in [0.05, 0.1) is 5.56 Å². The van der Waals surface area contributed by atoms with Gasteiger partial charge in [-0.25, -0.2) is 0 Å². The van der Waals surface area contributed by atoms with Gasteiger partial charge in [-0.1, -0.05) is 6.07 Å². The molecule has 2 nitrogen and oxygen atoms in total. The van der Waals surface area contributed by atoms with Gasteiger partial charge >= 0.3 is 6.18 Å². The van der Waals surface area contributed by atoms with Crippen LogP contribution in [0.25, 0.3) is 0 Å². The monoisotopic (exact) mass is 391 g/mol. The van der Waals surface area contributed by atoms with E-state index in [2.05, 4.69) is 27.9 Å². The summed E-state index contributed by atoms with van der Waals surface area (Å²) in [5.41, 5.74) is 0.0309. The minimum atomic E-state index is -4.38. The number of halogens is 4. The van der Waals surface area contributed by atoms with Gasteiger partial charge in [0.25, 0.3) is 5.91 Å². The van der Waals surface area contributed by atoms with E-state index in [9.17, 15) is 18.0 Å². The van der Waals surface area contributed by atoms with Crippen LogP contribution in [-0.4, -0.2) is 5.91 Å². The molecule has 0 fully saturated rings. The maximum Gasteiger partial charge on any atom is 0.416 e. The molecule has 0 aliphatic rings. The molecule has 0 aliphatic heterocycles. The number of nitrogens with one attached hydrogen (secondary N) is 1. The molecule has 0 atom stereocenters. The first kappa shape index (κ1) is 14.8. The Morgan fingerprint density at radius 3 is 2.25 bits per heavy atom. The molecule has 1 amide bonds. The van der Waals surface area contributed by atoms with Crippen LogP contribution in [0.3, 0.4) is 0 Å². The Morgan fingerprint density at radius 2 is 1.70 bits per heavy atom. The van der Waals surface area contributed by atoms with Gasteiger partial charge in [0, 0.05) is 14.8 Å². The van der Waals surface area contributed by atoms with Crippen LogP contribution in [0.1, 0.15) is 15.9 Å². The van der Waals surface area contributed by atoms with Crippen molar-refractivity contribution in [3.05, 3.63) is 63.2 Å². The fraction of sp³-hybridized carbons (Fsp3) is 0.0714. The van der Waals surface area contributed by atoms with Crippen molar-refractivity contribution in [2.45, 2.75) is 6.18 Å². The fourth-order valence-electron chi connectivity index (χ4n) is 1.58. The zero-order chi connectivity index (χ0) is 14.8. The van der Waals surface area contributed by atoms with Crippen molar-refractivity contribution in [3.63, 3.8) is 0 Å². The van der Waals surface area contributed by atoms with E-state index < -0.39 is 11.7 Å². The number of hydrogen-bond donors (Lipinski definition) is 1. The lowest BCUT2D eigenvalue weighted by Gasteiger charge is -2.09. The van der Waals surface area contributed by atoms with Crippen LogP contribution in [0.4, 0.5) is 18.9 Å². The van der Waals surface area contributed by atoms with Crippen LogP contribution >= 0.6 is 22.6 Å². The molecule has 0 heterocycles. The van der Waals surface area contributed by atoms with Crippen LogP contribution in [0.15, 0.2) is 48.5 Å². The summed E-state index contributed by atoms with van der Waals surface area (Å²) in [6.07, 6.45) is -4.38. The zero-order valence-corrected chi connectivity index (χ0v) is 12.2. The van der Waals surface area contributed by atoms with E-state index in [1.807, 2.05) is 6.07 Å². The normalized spacial score (nSPS) is 11.2. The lowest BCUT2D eigenvalue weighted by molar-refractivity contribution is -0.137. The maximum atomic E-state index is 12.4. The highest BCUT2D eigenvalue weighted by Gasteiger charge is 2.29. The topological polar surface area (TPSA) is 29.1 Å². The molecule has 2 rings (SSSR count). The highest BCUT2D eigenvalue weighted by atomic mass is 127. The summed E-state index contributed by atoms with van der Waals surface area (Å²) in [6, 6.07) is 11.2. The SMILES string of the molecule is O=C(Nc1ccc(C(F)(F)F)cc1)c1cccc(I)c1. The molecule has 0 saturated heterocycles. The van der Waals surface area contributed by atoms with E-state index >= 15 is 0 Å². The van der Waals surface area contributed by atoms with E-state index in [0.717, 1.165) is 15.7 Å². The van der Waals surface area contributed by atoms with E-state index in [1.54, 1.807) is 18.2 Å². The lowest BCUT2D eigenvalue weighted by atomic mass is 10.2. The minimum absolute atomic E-state index is 0.321. The number of anilines is 1. The molecule has 0 radical (unpaired) electrons. The number of rotatable bonds is 2. The first-order chi connectivity index (χ1) is 9.36. The van der Waals surface area contributed by atoms with Gasteiger partial charge < -0.3 is 5.32 Å². The highest BCUT2D eigenvalue weighted by Crippen LogP contribution is 2.29. The average Bonchev–Trinajstić information content (AvgIpc) is 2.38. The van der Waals surface area contributed by atoms with Crippen molar-refractivity contribution in [1.29, 1.82) is 0 Å². The first-order valence-corrected chi connectivity index (χ1v) is 6.68. The molecule has 0 aliphatic carbocycles. The third-order valence-corrected chi connectivity index (χ3v) is 3.23. The smallest absolute Gasteiger partial charge is 0.322 e. The molecule has 1 N–H and O–H groups in total. The third kappa shape index (κ3) is 3.72. The summed E-state index contributed by atoms with van der Waals surface area (Å²) in [5, 5.41) is 2.55. The summed E-state index contributed by atoms with van der Waals surface area (Å²) in [5.74, 6) is -0.358. The van der Waals surface area contributed by atoms with Crippen molar-refractivity contribution in [3.8, 4) is 0 Å². The molecule has 0 saturated carbocycles. The van der Waals surface area contributed by atoms with Crippen LogP contribution < -0.4 is 5.32 Å². The number of carbonyl (C=O) groups excluding carboxylic acids is 1. The van der Waals surface area contributed by atoms with Gasteiger partial charge in [-0.3, -0.25) is 4.79 Å². The Hall–Kier alpha value is -1.57. The molecule has 0 spiro atoms. The van der Waals surface area contributed by atoms with Crippen molar-refractivity contribution < 1.29 is 18.0 Å². The van der Waals surface area contributed by atoms with Gasteiger partial charge in [0.15, 0.2) is 0 Å². The predicted molar refractivity (Wildman–Crippen MR) is 78.6 cm³/mol. The van der Waals surface area contributed by atoms with Crippen LogP contribution in [0, 0.1) is 3.57 Å². The molecule has 0 unspecified atom stereocenters.